The summed E-state index contributed by atoms with van der Waals surface area (Å²) in [5.41, 5.74) is 4.31. The summed E-state index contributed by atoms with van der Waals surface area (Å²) in [6.07, 6.45) is 2.30. The molecule has 1 unspecified atom stereocenters. The molecule has 0 saturated carbocycles. The van der Waals surface area contributed by atoms with Gasteiger partial charge in [0.15, 0.2) is 0 Å². The lowest BCUT2D eigenvalue weighted by Gasteiger charge is -2.18. The molecular formula is C18H23N. The van der Waals surface area contributed by atoms with Crippen molar-refractivity contribution in [2.75, 3.05) is 13.6 Å². The molecule has 2 rings (SSSR count). The maximum Gasteiger partial charge on any atom is -0.00460 e. The van der Waals surface area contributed by atoms with E-state index in [-0.39, 0.29) is 0 Å². The quantitative estimate of drug-likeness (QED) is 0.822. The molecule has 1 N–H and O–H groups in total. The van der Waals surface area contributed by atoms with E-state index in [1.165, 1.54) is 23.1 Å². The van der Waals surface area contributed by atoms with Crippen LogP contribution in [0.25, 0.3) is 0 Å². The third-order valence-electron chi connectivity index (χ3n) is 3.74. The van der Waals surface area contributed by atoms with Crippen molar-refractivity contribution in [1.82, 2.24) is 5.32 Å². The fraction of sp³-hybridized carbons (Fsp3) is 0.333. The summed E-state index contributed by atoms with van der Waals surface area (Å²) in [5.74, 6) is 0.592. The van der Waals surface area contributed by atoms with Crippen molar-refractivity contribution in [3.8, 4) is 0 Å². The summed E-state index contributed by atoms with van der Waals surface area (Å²) in [7, 11) is 2.02. The van der Waals surface area contributed by atoms with Crippen molar-refractivity contribution < 1.29 is 0 Å². The molecule has 0 fully saturated rings. The van der Waals surface area contributed by atoms with Crippen LogP contribution in [0, 0.1) is 6.92 Å². The van der Waals surface area contributed by atoms with E-state index in [1.54, 1.807) is 0 Å². The van der Waals surface area contributed by atoms with Crippen molar-refractivity contribution in [2.24, 2.45) is 0 Å². The molecular weight excluding hydrogens is 230 g/mol. The first-order chi connectivity index (χ1) is 9.31. The maximum absolute atomic E-state index is 3.27. The number of hydrogen-bond donors (Lipinski definition) is 1. The zero-order valence-electron chi connectivity index (χ0n) is 11.9. The summed E-state index contributed by atoms with van der Waals surface area (Å²) in [4.78, 5) is 0. The lowest BCUT2D eigenvalue weighted by Crippen LogP contribution is -2.14. The molecule has 0 aliphatic rings. The molecule has 0 saturated heterocycles. The van der Waals surface area contributed by atoms with Crippen LogP contribution in [0.3, 0.4) is 0 Å². The van der Waals surface area contributed by atoms with E-state index >= 15 is 0 Å². The van der Waals surface area contributed by atoms with Gasteiger partial charge in [0, 0.05) is 0 Å². The van der Waals surface area contributed by atoms with Gasteiger partial charge < -0.3 is 5.32 Å². The minimum atomic E-state index is 0.592. The topological polar surface area (TPSA) is 12.0 Å². The third kappa shape index (κ3) is 3.93. The summed E-state index contributed by atoms with van der Waals surface area (Å²) in [6, 6.07) is 19.6. The summed E-state index contributed by atoms with van der Waals surface area (Å²) >= 11 is 0. The van der Waals surface area contributed by atoms with Crippen LogP contribution < -0.4 is 5.32 Å². The largest absolute Gasteiger partial charge is 0.320 e. The number of benzene rings is 2. The van der Waals surface area contributed by atoms with Gasteiger partial charge in [-0.15, -0.1) is 0 Å². The first-order valence-electron chi connectivity index (χ1n) is 7.05. The van der Waals surface area contributed by atoms with Gasteiger partial charge in [-0.25, -0.2) is 0 Å². The lowest BCUT2D eigenvalue weighted by atomic mass is 9.88. The fourth-order valence-electron chi connectivity index (χ4n) is 2.53. The van der Waals surface area contributed by atoms with Crippen molar-refractivity contribution >= 4 is 0 Å². The van der Waals surface area contributed by atoms with Gasteiger partial charge in [0.1, 0.15) is 0 Å². The van der Waals surface area contributed by atoms with Crippen LogP contribution >= 0.6 is 0 Å². The van der Waals surface area contributed by atoms with E-state index in [4.69, 9.17) is 0 Å². The molecule has 0 aliphatic carbocycles. The van der Waals surface area contributed by atoms with Gasteiger partial charge in [-0.05, 0) is 56.0 Å². The Morgan fingerprint density at radius 1 is 0.947 bits per heavy atom. The van der Waals surface area contributed by atoms with Crippen LogP contribution in [0.2, 0.25) is 0 Å². The van der Waals surface area contributed by atoms with E-state index in [9.17, 15) is 0 Å². The van der Waals surface area contributed by atoms with Crippen LogP contribution in [0.5, 0.6) is 0 Å². The second-order valence-electron chi connectivity index (χ2n) is 5.13. The van der Waals surface area contributed by atoms with Gasteiger partial charge >= 0.3 is 0 Å². The Kier molecular flexibility index (Phi) is 5.17. The molecule has 0 aliphatic heterocycles. The predicted molar refractivity (Wildman–Crippen MR) is 82.6 cm³/mol. The highest BCUT2D eigenvalue weighted by Crippen LogP contribution is 2.25. The molecule has 2 aromatic rings. The Morgan fingerprint density at radius 2 is 1.63 bits per heavy atom. The number of aryl methyl sites for hydroxylation is 1. The van der Waals surface area contributed by atoms with Gasteiger partial charge in [0.2, 0.25) is 0 Å². The average Bonchev–Trinajstić information content (AvgIpc) is 2.46. The summed E-state index contributed by atoms with van der Waals surface area (Å²) in [5, 5.41) is 3.27. The van der Waals surface area contributed by atoms with E-state index in [1.807, 2.05) is 7.05 Å². The standard InChI is InChI=1S/C18H23N/c1-15-8-6-7-11-17(15)14-18(12-13-19-2)16-9-4-3-5-10-16/h3-11,18-19H,12-14H2,1-2H3. The maximum atomic E-state index is 3.27. The van der Waals surface area contributed by atoms with E-state index < -0.39 is 0 Å². The van der Waals surface area contributed by atoms with E-state index in [2.05, 4.69) is 66.8 Å². The Labute approximate surface area is 116 Å². The summed E-state index contributed by atoms with van der Waals surface area (Å²) < 4.78 is 0. The molecule has 0 aromatic heterocycles. The van der Waals surface area contributed by atoms with Crippen LogP contribution in [0.15, 0.2) is 54.6 Å². The molecule has 2 aromatic carbocycles. The van der Waals surface area contributed by atoms with Gasteiger partial charge in [-0.1, -0.05) is 54.6 Å². The minimum absolute atomic E-state index is 0.592. The molecule has 0 amide bonds. The molecule has 19 heavy (non-hydrogen) atoms. The van der Waals surface area contributed by atoms with Crippen LogP contribution in [-0.4, -0.2) is 13.6 Å². The van der Waals surface area contributed by atoms with Crippen LogP contribution in [0.1, 0.15) is 29.0 Å². The molecule has 1 atom stereocenters. The Balaban J connectivity index is 2.17. The molecule has 0 heterocycles. The van der Waals surface area contributed by atoms with Crippen molar-refractivity contribution in [3.63, 3.8) is 0 Å². The number of hydrogen-bond acceptors (Lipinski definition) is 1. The molecule has 0 spiro atoms. The summed E-state index contributed by atoms with van der Waals surface area (Å²) in [6.45, 7) is 3.26. The number of nitrogens with one attached hydrogen (secondary N) is 1. The molecule has 0 radical (unpaired) electrons. The van der Waals surface area contributed by atoms with Gasteiger partial charge in [-0.2, -0.15) is 0 Å². The van der Waals surface area contributed by atoms with Gasteiger partial charge in [0.05, 0.1) is 0 Å². The fourth-order valence-corrected chi connectivity index (χ4v) is 2.53. The Hall–Kier alpha value is -1.60. The Bertz CT molecular complexity index is 490. The van der Waals surface area contributed by atoms with Crippen molar-refractivity contribution in [3.05, 3.63) is 71.3 Å². The highest BCUT2D eigenvalue weighted by molar-refractivity contribution is 5.29. The minimum Gasteiger partial charge on any atom is -0.320 e. The first-order valence-corrected chi connectivity index (χ1v) is 7.05. The van der Waals surface area contributed by atoms with Crippen molar-refractivity contribution in [2.45, 2.75) is 25.7 Å². The predicted octanol–water partition coefficient (Wildman–Crippen LogP) is 3.93. The van der Waals surface area contributed by atoms with Gasteiger partial charge in [-0.3, -0.25) is 0 Å². The second-order valence-corrected chi connectivity index (χ2v) is 5.13. The zero-order valence-corrected chi connectivity index (χ0v) is 11.9. The first kappa shape index (κ1) is 13.8. The smallest absolute Gasteiger partial charge is 0.00460 e. The average molecular weight is 253 g/mol. The molecule has 1 nitrogen and oxygen atoms in total. The van der Waals surface area contributed by atoms with Gasteiger partial charge in [0.25, 0.3) is 0 Å². The Morgan fingerprint density at radius 3 is 2.32 bits per heavy atom. The zero-order chi connectivity index (χ0) is 13.5. The molecule has 100 valence electrons. The monoisotopic (exact) mass is 253 g/mol. The SMILES string of the molecule is CNCCC(Cc1ccccc1C)c1ccccc1. The second kappa shape index (κ2) is 7.10. The lowest BCUT2D eigenvalue weighted by molar-refractivity contribution is 0.592. The molecule has 1 heteroatoms. The molecule has 0 bridgehead atoms. The normalized spacial score (nSPS) is 12.3. The number of rotatable bonds is 6. The van der Waals surface area contributed by atoms with Crippen LogP contribution in [-0.2, 0) is 6.42 Å². The van der Waals surface area contributed by atoms with E-state index in [0.717, 1.165) is 13.0 Å². The van der Waals surface area contributed by atoms with Crippen molar-refractivity contribution in [1.29, 1.82) is 0 Å². The van der Waals surface area contributed by atoms with Crippen LogP contribution in [0.4, 0.5) is 0 Å². The third-order valence-corrected chi connectivity index (χ3v) is 3.74. The van der Waals surface area contributed by atoms with E-state index in [0.29, 0.717) is 5.92 Å². The highest BCUT2D eigenvalue weighted by atomic mass is 14.8. The highest BCUT2D eigenvalue weighted by Gasteiger charge is 2.12.